The van der Waals surface area contributed by atoms with Crippen LogP contribution in [0, 0.1) is 0 Å². The number of benzene rings is 2. The lowest BCUT2D eigenvalue weighted by Crippen LogP contribution is -1.99. The summed E-state index contributed by atoms with van der Waals surface area (Å²) in [4.78, 5) is 0. The summed E-state index contributed by atoms with van der Waals surface area (Å²) in [6.45, 7) is 4.52. The van der Waals surface area contributed by atoms with Gasteiger partial charge in [0, 0.05) is 0 Å². The number of aryl methyl sites for hydroxylation is 2. The lowest BCUT2D eigenvalue weighted by molar-refractivity contribution is 0.458. The van der Waals surface area contributed by atoms with Crippen LogP contribution in [0.4, 0.5) is 0 Å². The maximum absolute atomic E-state index is 11.1. The molecule has 0 aliphatic heterocycles. The molecule has 2 aromatic carbocycles. The Kier molecular flexibility index (Phi) is 13.6. The molecule has 0 bridgehead atoms. The van der Waals surface area contributed by atoms with Crippen molar-refractivity contribution in [3.05, 3.63) is 41.5 Å². The highest BCUT2D eigenvalue weighted by Crippen LogP contribution is 2.30. The molecule has 32 heavy (non-hydrogen) atoms. The minimum atomic E-state index is -2.29. The van der Waals surface area contributed by atoms with Gasteiger partial charge in [-0.05, 0) is 59.7 Å². The second-order valence-corrected chi connectivity index (χ2v) is 9.74. The maximum atomic E-state index is 11.1. The van der Waals surface area contributed by atoms with Crippen molar-refractivity contribution in [1.82, 2.24) is 0 Å². The van der Waals surface area contributed by atoms with E-state index < -0.39 is 11.4 Å². The Morgan fingerprint density at radius 2 is 1.12 bits per heavy atom. The van der Waals surface area contributed by atoms with Gasteiger partial charge in [-0.15, -0.1) is 0 Å². The van der Waals surface area contributed by atoms with Gasteiger partial charge in [-0.1, -0.05) is 109 Å². The van der Waals surface area contributed by atoms with E-state index in [1.54, 1.807) is 0 Å². The molecule has 0 aliphatic carbocycles. The number of fused-ring (bicyclic) bond motifs is 1. The monoisotopic (exact) mass is 460 g/mol. The molecule has 0 saturated carbocycles. The van der Waals surface area contributed by atoms with Gasteiger partial charge in [0.2, 0.25) is 0 Å². The molecule has 1 atom stereocenters. The highest BCUT2D eigenvalue weighted by molar-refractivity contribution is 7.74. The molecule has 3 nitrogen and oxygen atoms in total. The van der Waals surface area contributed by atoms with Crippen molar-refractivity contribution in [2.75, 3.05) is 0 Å². The molecule has 180 valence electrons. The number of hydrogen-bond donors (Lipinski definition) is 1. The fraction of sp³-hybridized carbons (Fsp3) is 0.643. The van der Waals surface area contributed by atoms with E-state index in [9.17, 15) is 4.21 Å². The Hall–Kier alpha value is -1.39. The second kappa shape index (κ2) is 16.3. The van der Waals surface area contributed by atoms with E-state index in [0.29, 0.717) is 5.75 Å². The molecule has 0 radical (unpaired) electrons. The van der Waals surface area contributed by atoms with Crippen LogP contribution in [0.15, 0.2) is 30.3 Å². The highest BCUT2D eigenvalue weighted by atomic mass is 32.2. The average Bonchev–Trinajstić information content (AvgIpc) is 2.78. The van der Waals surface area contributed by atoms with E-state index in [2.05, 4.69) is 32.0 Å². The first-order chi connectivity index (χ1) is 15.7. The first-order valence-corrected chi connectivity index (χ1v) is 14.0. The second-order valence-electron chi connectivity index (χ2n) is 9.13. The van der Waals surface area contributed by atoms with Gasteiger partial charge in [-0.25, -0.2) is 0 Å². The van der Waals surface area contributed by atoms with Crippen molar-refractivity contribution in [3.8, 4) is 5.75 Å². The zero-order chi connectivity index (χ0) is 23.0. The molecule has 2 rings (SSSR count). The predicted octanol–water partition coefficient (Wildman–Crippen LogP) is 8.94. The minimum absolute atomic E-state index is 0.465. The smallest absolute Gasteiger partial charge is 0.357 e. The van der Waals surface area contributed by atoms with E-state index in [1.165, 1.54) is 112 Å². The van der Waals surface area contributed by atoms with Gasteiger partial charge >= 0.3 is 11.4 Å². The van der Waals surface area contributed by atoms with Crippen LogP contribution in [-0.2, 0) is 24.2 Å². The predicted molar refractivity (Wildman–Crippen MR) is 139 cm³/mol. The van der Waals surface area contributed by atoms with Crippen LogP contribution in [0.25, 0.3) is 10.8 Å². The summed E-state index contributed by atoms with van der Waals surface area (Å²) in [5, 5.41) is 2.45. The van der Waals surface area contributed by atoms with Crippen LogP contribution in [-0.4, -0.2) is 8.76 Å². The molecule has 0 fully saturated rings. The molecule has 0 saturated heterocycles. The molecule has 1 N–H and O–H groups in total. The summed E-state index contributed by atoms with van der Waals surface area (Å²) in [5.74, 6) is 0.465. The van der Waals surface area contributed by atoms with Gasteiger partial charge in [-0.2, -0.15) is 4.21 Å². The number of unbranched alkanes of at least 4 members (excludes halogenated alkanes) is 12. The summed E-state index contributed by atoms with van der Waals surface area (Å²) >= 11 is -2.29. The largest absolute Gasteiger partial charge is 0.380 e. The van der Waals surface area contributed by atoms with Gasteiger partial charge < -0.3 is 4.18 Å². The van der Waals surface area contributed by atoms with Gasteiger partial charge in [-0.3, -0.25) is 4.55 Å². The summed E-state index contributed by atoms with van der Waals surface area (Å²) in [6, 6.07) is 10.4. The van der Waals surface area contributed by atoms with Gasteiger partial charge in [0.15, 0.2) is 0 Å². The molecule has 0 aliphatic rings. The summed E-state index contributed by atoms with van der Waals surface area (Å²) in [7, 11) is 0. The third kappa shape index (κ3) is 10.0. The molecule has 2 aromatic rings. The Morgan fingerprint density at radius 3 is 1.62 bits per heavy atom. The number of rotatable bonds is 18. The highest BCUT2D eigenvalue weighted by Gasteiger charge is 2.09. The van der Waals surface area contributed by atoms with E-state index in [1.807, 2.05) is 12.1 Å². The quantitative estimate of drug-likeness (QED) is 0.178. The van der Waals surface area contributed by atoms with Gasteiger partial charge in [0.05, 0.1) is 0 Å². The molecular weight excluding hydrogens is 416 g/mol. The lowest BCUT2D eigenvalue weighted by atomic mass is 9.93. The van der Waals surface area contributed by atoms with Gasteiger partial charge in [0.1, 0.15) is 5.75 Å². The standard InChI is InChI=1S/C28H44O3S/c1-3-5-7-9-11-13-15-17-24-19-20-25(18-16-14-12-10-8-6-4-2)28-23-26(31-32(29)30)21-22-27(24)28/h19-23H,3-18H2,1-2H3,(H,29,30). The Labute approximate surface area is 198 Å². The summed E-state index contributed by atoms with van der Waals surface area (Å²) < 4.78 is 25.3. The molecule has 0 amide bonds. The van der Waals surface area contributed by atoms with Crippen LogP contribution < -0.4 is 4.18 Å². The number of hydrogen-bond acceptors (Lipinski definition) is 2. The Morgan fingerprint density at radius 1 is 0.656 bits per heavy atom. The normalized spacial score (nSPS) is 12.3. The molecule has 1 unspecified atom stereocenters. The van der Waals surface area contributed by atoms with Crippen LogP contribution in [0.3, 0.4) is 0 Å². The topological polar surface area (TPSA) is 46.5 Å². The summed E-state index contributed by atoms with van der Waals surface area (Å²) in [6.07, 6.45) is 20.4. The van der Waals surface area contributed by atoms with Crippen LogP contribution in [0.2, 0.25) is 0 Å². The third-order valence-corrected chi connectivity index (χ3v) is 6.77. The van der Waals surface area contributed by atoms with Crippen molar-refractivity contribution in [2.45, 2.75) is 117 Å². The average molecular weight is 461 g/mol. The summed E-state index contributed by atoms with van der Waals surface area (Å²) in [5.41, 5.74) is 2.71. The van der Waals surface area contributed by atoms with E-state index in [0.717, 1.165) is 12.8 Å². The van der Waals surface area contributed by atoms with Crippen molar-refractivity contribution in [2.24, 2.45) is 0 Å². The molecular formula is C28H44O3S. The molecule has 4 heteroatoms. The Balaban J connectivity index is 2.00. The fourth-order valence-electron chi connectivity index (χ4n) is 4.57. The molecule has 0 heterocycles. The first kappa shape index (κ1) is 26.9. The SMILES string of the molecule is CCCCCCCCCc1ccc(CCCCCCCCC)c2cc(OS(=O)O)ccc12. The van der Waals surface area contributed by atoms with E-state index in [-0.39, 0.29) is 0 Å². The molecule has 0 aromatic heterocycles. The van der Waals surface area contributed by atoms with E-state index in [4.69, 9.17) is 8.74 Å². The zero-order valence-corrected chi connectivity index (χ0v) is 21.2. The van der Waals surface area contributed by atoms with Crippen LogP contribution in [0.5, 0.6) is 5.75 Å². The lowest BCUT2D eigenvalue weighted by Gasteiger charge is -2.13. The maximum Gasteiger partial charge on any atom is 0.357 e. The van der Waals surface area contributed by atoms with Gasteiger partial charge in [0.25, 0.3) is 0 Å². The van der Waals surface area contributed by atoms with Crippen LogP contribution >= 0.6 is 0 Å². The van der Waals surface area contributed by atoms with E-state index >= 15 is 0 Å². The fourth-order valence-corrected chi connectivity index (χ4v) is 4.83. The molecule has 0 spiro atoms. The Bertz CT molecular complexity index is 803. The minimum Gasteiger partial charge on any atom is -0.380 e. The first-order valence-electron chi connectivity index (χ1n) is 13.0. The van der Waals surface area contributed by atoms with Crippen molar-refractivity contribution in [3.63, 3.8) is 0 Å². The van der Waals surface area contributed by atoms with Crippen molar-refractivity contribution in [1.29, 1.82) is 0 Å². The van der Waals surface area contributed by atoms with Crippen molar-refractivity contribution >= 4 is 22.1 Å². The zero-order valence-electron chi connectivity index (χ0n) is 20.4. The third-order valence-electron chi connectivity index (χ3n) is 6.44. The van der Waals surface area contributed by atoms with Crippen molar-refractivity contribution < 1.29 is 12.9 Å². The van der Waals surface area contributed by atoms with Crippen LogP contribution in [0.1, 0.15) is 115 Å².